The number of amides is 2. The predicted octanol–water partition coefficient (Wildman–Crippen LogP) is 3.71. The van der Waals surface area contributed by atoms with Crippen LogP contribution in [-0.2, 0) is 26.2 Å². The van der Waals surface area contributed by atoms with Crippen LogP contribution in [0.5, 0.6) is 0 Å². The molecule has 2 aromatic carbocycles. The molecule has 0 bridgehead atoms. The quantitative estimate of drug-likeness (QED) is 0.523. The normalized spacial score (nSPS) is 12.2. The van der Waals surface area contributed by atoms with E-state index in [1.165, 1.54) is 4.90 Å². The average Bonchev–Trinajstić information content (AvgIpc) is 2.75. The van der Waals surface area contributed by atoms with Gasteiger partial charge in [0, 0.05) is 13.1 Å². The first-order valence-electron chi connectivity index (χ1n) is 11.7. The molecule has 0 aliphatic carbocycles. The second kappa shape index (κ2) is 12.0. The SMILES string of the molecule is CCCNC(=O)[C@H](CC)N(Cc1ccccc1C)C(=O)CN(c1cc(C)cc(C)c1)S(C)(=O)=O. The van der Waals surface area contributed by atoms with Crippen LogP contribution < -0.4 is 9.62 Å². The average molecular weight is 488 g/mol. The van der Waals surface area contributed by atoms with Gasteiger partial charge in [-0.1, -0.05) is 44.2 Å². The van der Waals surface area contributed by atoms with Gasteiger partial charge in [-0.25, -0.2) is 8.42 Å². The molecule has 0 fully saturated rings. The fraction of sp³-hybridized carbons (Fsp3) is 0.462. The molecule has 2 amide bonds. The van der Waals surface area contributed by atoms with Crippen molar-refractivity contribution in [3.63, 3.8) is 0 Å². The largest absolute Gasteiger partial charge is 0.354 e. The molecule has 0 saturated heterocycles. The molecule has 7 nitrogen and oxygen atoms in total. The lowest BCUT2D eigenvalue weighted by atomic mass is 10.1. The Labute approximate surface area is 204 Å². The Hall–Kier alpha value is -2.87. The van der Waals surface area contributed by atoms with Crippen molar-refractivity contribution in [1.82, 2.24) is 10.2 Å². The second-order valence-corrected chi connectivity index (χ2v) is 10.7. The molecule has 0 saturated carbocycles. The van der Waals surface area contributed by atoms with Gasteiger partial charge in [0.15, 0.2) is 0 Å². The molecular weight excluding hydrogens is 450 g/mol. The lowest BCUT2D eigenvalue weighted by Gasteiger charge is -2.33. The lowest BCUT2D eigenvalue weighted by Crippen LogP contribution is -2.52. The summed E-state index contributed by atoms with van der Waals surface area (Å²) in [5, 5.41) is 2.88. The predicted molar refractivity (Wildman–Crippen MR) is 137 cm³/mol. The van der Waals surface area contributed by atoms with Crippen molar-refractivity contribution in [3.05, 3.63) is 64.7 Å². The third-order valence-electron chi connectivity index (χ3n) is 5.71. The van der Waals surface area contributed by atoms with Gasteiger partial charge < -0.3 is 10.2 Å². The van der Waals surface area contributed by atoms with E-state index in [0.717, 1.165) is 39.2 Å². The maximum atomic E-state index is 13.7. The van der Waals surface area contributed by atoms with Crippen LogP contribution in [-0.4, -0.2) is 50.5 Å². The molecule has 0 aromatic heterocycles. The summed E-state index contributed by atoms with van der Waals surface area (Å²) < 4.78 is 26.6. The Bertz CT molecular complexity index is 1090. The Morgan fingerprint density at radius 2 is 1.62 bits per heavy atom. The molecule has 8 heteroatoms. The zero-order valence-electron chi connectivity index (χ0n) is 21.1. The van der Waals surface area contributed by atoms with Crippen molar-refractivity contribution in [2.75, 3.05) is 23.7 Å². The van der Waals surface area contributed by atoms with Gasteiger partial charge in [-0.3, -0.25) is 13.9 Å². The van der Waals surface area contributed by atoms with Crippen LogP contribution in [0.15, 0.2) is 42.5 Å². The van der Waals surface area contributed by atoms with E-state index in [9.17, 15) is 18.0 Å². The third-order valence-corrected chi connectivity index (χ3v) is 6.85. The highest BCUT2D eigenvalue weighted by molar-refractivity contribution is 7.92. The molecule has 0 spiro atoms. The molecule has 1 N–H and O–H groups in total. The minimum atomic E-state index is -3.74. The number of aryl methyl sites for hydroxylation is 3. The molecule has 186 valence electrons. The van der Waals surface area contributed by atoms with Gasteiger partial charge in [-0.15, -0.1) is 0 Å². The number of rotatable bonds is 11. The van der Waals surface area contributed by atoms with Crippen LogP contribution in [0.1, 0.15) is 48.9 Å². The highest BCUT2D eigenvalue weighted by atomic mass is 32.2. The highest BCUT2D eigenvalue weighted by Crippen LogP contribution is 2.23. The zero-order chi connectivity index (χ0) is 25.5. The van der Waals surface area contributed by atoms with Gasteiger partial charge in [-0.2, -0.15) is 0 Å². The van der Waals surface area contributed by atoms with E-state index in [-0.39, 0.29) is 19.0 Å². The Kier molecular flexibility index (Phi) is 9.67. The van der Waals surface area contributed by atoms with Crippen molar-refractivity contribution in [2.24, 2.45) is 0 Å². The lowest BCUT2D eigenvalue weighted by molar-refractivity contribution is -0.140. The first-order chi connectivity index (χ1) is 16.0. The van der Waals surface area contributed by atoms with E-state index in [1.807, 2.05) is 65.0 Å². The monoisotopic (exact) mass is 487 g/mol. The van der Waals surface area contributed by atoms with Crippen molar-refractivity contribution in [1.29, 1.82) is 0 Å². The van der Waals surface area contributed by atoms with Crippen LogP contribution in [0.2, 0.25) is 0 Å². The fourth-order valence-corrected chi connectivity index (χ4v) is 4.80. The van der Waals surface area contributed by atoms with E-state index in [4.69, 9.17) is 0 Å². The van der Waals surface area contributed by atoms with E-state index in [1.54, 1.807) is 12.1 Å². The van der Waals surface area contributed by atoms with E-state index < -0.39 is 22.0 Å². The smallest absolute Gasteiger partial charge is 0.244 e. The molecule has 0 aliphatic heterocycles. The Morgan fingerprint density at radius 1 is 1.00 bits per heavy atom. The second-order valence-electron chi connectivity index (χ2n) is 8.78. The summed E-state index contributed by atoms with van der Waals surface area (Å²) in [5.74, 6) is -0.657. The third kappa shape index (κ3) is 7.32. The van der Waals surface area contributed by atoms with Gasteiger partial charge >= 0.3 is 0 Å². The van der Waals surface area contributed by atoms with Gasteiger partial charge in [0.1, 0.15) is 12.6 Å². The van der Waals surface area contributed by atoms with Gasteiger partial charge in [0.05, 0.1) is 11.9 Å². The van der Waals surface area contributed by atoms with Crippen molar-refractivity contribution < 1.29 is 18.0 Å². The first-order valence-corrected chi connectivity index (χ1v) is 13.5. The van der Waals surface area contributed by atoms with Crippen LogP contribution in [0, 0.1) is 20.8 Å². The number of nitrogens with zero attached hydrogens (tertiary/aromatic N) is 2. The van der Waals surface area contributed by atoms with Gasteiger partial charge in [-0.05, 0) is 68.0 Å². The standard InChI is InChI=1S/C26H37N3O4S/c1-7-13-27-26(31)24(8-2)28(17-22-12-10-9-11-21(22)5)25(30)18-29(34(6,32)33)23-15-19(3)14-20(4)16-23/h9-12,14-16,24H,7-8,13,17-18H2,1-6H3,(H,27,31)/t24-/m0/s1. The van der Waals surface area contributed by atoms with E-state index in [2.05, 4.69) is 5.32 Å². The number of anilines is 1. The maximum Gasteiger partial charge on any atom is 0.244 e. The number of hydrogen-bond donors (Lipinski definition) is 1. The topological polar surface area (TPSA) is 86.8 Å². The summed E-state index contributed by atoms with van der Waals surface area (Å²) in [7, 11) is -3.74. The summed E-state index contributed by atoms with van der Waals surface area (Å²) in [5.41, 5.74) is 4.15. The Morgan fingerprint density at radius 3 is 2.15 bits per heavy atom. The molecule has 2 rings (SSSR count). The molecule has 34 heavy (non-hydrogen) atoms. The first kappa shape index (κ1) is 27.4. The molecule has 1 atom stereocenters. The minimum Gasteiger partial charge on any atom is -0.354 e. The number of nitrogens with one attached hydrogen (secondary N) is 1. The fourth-order valence-electron chi connectivity index (χ4n) is 3.96. The number of carbonyl (C=O) groups is 2. The van der Waals surface area contributed by atoms with Crippen LogP contribution >= 0.6 is 0 Å². The van der Waals surface area contributed by atoms with Gasteiger partial charge in [0.2, 0.25) is 21.8 Å². The number of sulfonamides is 1. The van der Waals surface area contributed by atoms with Crippen LogP contribution in [0.25, 0.3) is 0 Å². The molecule has 0 aliphatic rings. The maximum absolute atomic E-state index is 13.7. The van der Waals surface area contributed by atoms with E-state index >= 15 is 0 Å². The van der Waals surface area contributed by atoms with Crippen molar-refractivity contribution >= 4 is 27.5 Å². The van der Waals surface area contributed by atoms with Crippen molar-refractivity contribution in [3.8, 4) is 0 Å². The van der Waals surface area contributed by atoms with Crippen LogP contribution in [0.4, 0.5) is 5.69 Å². The Balaban J connectivity index is 2.47. The summed E-state index contributed by atoms with van der Waals surface area (Å²) in [6, 6.07) is 12.4. The molecule has 0 heterocycles. The molecular formula is C26H37N3O4S. The summed E-state index contributed by atoms with van der Waals surface area (Å²) in [4.78, 5) is 28.1. The van der Waals surface area contributed by atoms with Gasteiger partial charge in [0.25, 0.3) is 0 Å². The minimum absolute atomic E-state index is 0.216. The van der Waals surface area contributed by atoms with Crippen molar-refractivity contribution in [2.45, 2.75) is 60.0 Å². The van der Waals surface area contributed by atoms with Crippen LogP contribution in [0.3, 0.4) is 0 Å². The summed E-state index contributed by atoms with van der Waals surface area (Å²) >= 11 is 0. The summed E-state index contributed by atoms with van der Waals surface area (Å²) in [6.45, 7) is 9.88. The number of carbonyl (C=O) groups excluding carboxylic acids is 2. The zero-order valence-corrected chi connectivity index (χ0v) is 21.9. The molecule has 2 aromatic rings. The number of hydrogen-bond acceptors (Lipinski definition) is 4. The molecule has 0 radical (unpaired) electrons. The summed E-state index contributed by atoms with van der Waals surface area (Å²) in [6.07, 6.45) is 2.28. The van der Waals surface area contributed by atoms with E-state index in [0.29, 0.717) is 18.7 Å². The highest BCUT2D eigenvalue weighted by Gasteiger charge is 2.31. The molecule has 0 unspecified atom stereocenters. The number of benzene rings is 2.